The number of rotatable bonds is 3. The van der Waals surface area contributed by atoms with Gasteiger partial charge in [-0.1, -0.05) is 72.8 Å². The number of para-hydroxylation sites is 4. The topological polar surface area (TPSA) is 39.3 Å². The number of nitrogens with zero attached hydrogens (tertiary/aromatic N) is 2. The highest BCUT2D eigenvalue weighted by atomic mass is 16.5. The second-order valence-corrected chi connectivity index (χ2v) is 9.95. The Bertz CT molecular complexity index is 2030. The van der Waals surface area contributed by atoms with Gasteiger partial charge in [0.2, 0.25) is 0 Å². The first-order valence-corrected chi connectivity index (χ1v) is 13.6. The van der Waals surface area contributed by atoms with Crippen LogP contribution in [0.25, 0.3) is 55.0 Å². The minimum absolute atomic E-state index is 0.287. The van der Waals surface area contributed by atoms with Crippen molar-refractivity contribution in [2.75, 3.05) is 7.11 Å². The second-order valence-electron chi connectivity index (χ2n) is 9.95. The summed E-state index contributed by atoms with van der Waals surface area (Å²) in [6, 6.07) is 49.3. The van der Waals surface area contributed by atoms with E-state index >= 15 is 0 Å². The molecule has 0 aliphatic rings. The number of fused-ring (bicyclic) bond motifs is 6. The van der Waals surface area contributed by atoms with Crippen molar-refractivity contribution in [3.05, 3.63) is 146 Å². The Morgan fingerprint density at radius 1 is 0.415 bits per heavy atom. The monoisotopic (exact) mass is 532 g/mol. The highest BCUT2D eigenvalue weighted by Crippen LogP contribution is 2.33. The molecule has 0 atom stereocenters. The molecule has 0 radical (unpaired) electrons. The van der Waals surface area contributed by atoms with Crippen molar-refractivity contribution in [2.45, 2.75) is 0 Å². The highest BCUT2D eigenvalue weighted by Gasteiger charge is 2.12. The predicted molar refractivity (Wildman–Crippen MR) is 170 cm³/mol. The molecule has 2 heterocycles. The zero-order chi connectivity index (χ0) is 27.8. The SMILES string of the molecule is COc1ccc(-n2c3ccccc3c3ccccc32)cc1.Oc1ccc(-n2c3ccccc3c3ccccc32)cc1. The van der Waals surface area contributed by atoms with Crippen LogP contribution in [0.1, 0.15) is 0 Å². The van der Waals surface area contributed by atoms with Crippen molar-refractivity contribution in [3.8, 4) is 22.9 Å². The molecule has 1 N–H and O–H groups in total. The third-order valence-electron chi connectivity index (χ3n) is 7.60. The molecule has 0 aliphatic carbocycles. The maximum absolute atomic E-state index is 9.47. The van der Waals surface area contributed by atoms with Gasteiger partial charge in [0.1, 0.15) is 11.5 Å². The third kappa shape index (κ3) is 4.26. The summed E-state index contributed by atoms with van der Waals surface area (Å²) in [6.07, 6.45) is 0. The molecule has 0 saturated heterocycles. The summed E-state index contributed by atoms with van der Waals surface area (Å²) in [5, 5.41) is 14.5. The van der Waals surface area contributed by atoms with Crippen LogP contribution in [-0.2, 0) is 0 Å². The third-order valence-corrected chi connectivity index (χ3v) is 7.60. The molecular formula is C37H28N2O2. The molecule has 0 unspecified atom stereocenters. The Morgan fingerprint density at radius 2 is 0.732 bits per heavy atom. The van der Waals surface area contributed by atoms with Gasteiger partial charge < -0.3 is 19.0 Å². The van der Waals surface area contributed by atoms with Crippen molar-refractivity contribution in [1.82, 2.24) is 9.13 Å². The lowest BCUT2D eigenvalue weighted by atomic mass is 10.2. The van der Waals surface area contributed by atoms with Crippen LogP contribution in [0.3, 0.4) is 0 Å². The number of methoxy groups -OCH3 is 1. The molecule has 6 aromatic carbocycles. The zero-order valence-electron chi connectivity index (χ0n) is 22.6. The lowest BCUT2D eigenvalue weighted by Crippen LogP contribution is -1.93. The maximum Gasteiger partial charge on any atom is 0.119 e. The van der Waals surface area contributed by atoms with E-state index in [1.807, 2.05) is 24.3 Å². The first-order valence-electron chi connectivity index (χ1n) is 13.6. The van der Waals surface area contributed by atoms with Crippen molar-refractivity contribution >= 4 is 43.6 Å². The van der Waals surface area contributed by atoms with Gasteiger partial charge in [0.05, 0.1) is 29.2 Å². The summed E-state index contributed by atoms with van der Waals surface area (Å²) in [6.45, 7) is 0. The average Bonchev–Trinajstić information content (AvgIpc) is 3.55. The predicted octanol–water partition coefficient (Wildman–Crippen LogP) is 9.28. The number of hydrogen-bond acceptors (Lipinski definition) is 2. The normalized spacial score (nSPS) is 11.1. The van der Waals surface area contributed by atoms with Crippen LogP contribution in [0.4, 0.5) is 0 Å². The lowest BCUT2D eigenvalue weighted by Gasteiger charge is -2.08. The van der Waals surface area contributed by atoms with E-state index in [1.165, 1.54) is 43.6 Å². The van der Waals surface area contributed by atoms with Gasteiger partial charge in [-0.25, -0.2) is 0 Å². The minimum atomic E-state index is 0.287. The van der Waals surface area contributed by atoms with Crippen molar-refractivity contribution in [2.24, 2.45) is 0 Å². The number of aromatic nitrogens is 2. The van der Waals surface area contributed by atoms with Crippen LogP contribution in [0, 0.1) is 0 Å². The Labute approximate surface area is 237 Å². The summed E-state index contributed by atoms with van der Waals surface area (Å²) in [5.41, 5.74) is 7.01. The zero-order valence-corrected chi connectivity index (χ0v) is 22.6. The van der Waals surface area contributed by atoms with E-state index in [4.69, 9.17) is 4.74 Å². The van der Waals surface area contributed by atoms with Gasteiger partial charge in [-0.15, -0.1) is 0 Å². The van der Waals surface area contributed by atoms with Crippen molar-refractivity contribution < 1.29 is 9.84 Å². The summed E-state index contributed by atoms with van der Waals surface area (Å²) in [7, 11) is 1.69. The highest BCUT2D eigenvalue weighted by molar-refractivity contribution is 6.10. The Kier molecular flexibility index (Phi) is 6.14. The largest absolute Gasteiger partial charge is 0.508 e. The molecule has 4 heteroatoms. The molecule has 198 valence electrons. The molecule has 0 fully saturated rings. The second kappa shape index (κ2) is 10.2. The number of aromatic hydroxyl groups is 1. The molecule has 0 spiro atoms. The smallest absolute Gasteiger partial charge is 0.119 e. The van der Waals surface area contributed by atoms with Gasteiger partial charge in [0.15, 0.2) is 0 Å². The first kappa shape index (κ1) is 24.6. The number of benzene rings is 6. The number of phenols is 1. The average molecular weight is 533 g/mol. The molecule has 0 saturated carbocycles. The van der Waals surface area contributed by atoms with Gasteiger partial charge in [-0.3, -0.25) is 0 Å². The minimum Gasteiger partial charge on any atom is -0.508 e. The van der Waals surface area contributed by atoms with E-state index in [1.54, 1.807) is 19.2 Å². The van der Waals surface area contributed by atoms with Crippen LogP contribution >= 0.6 is 0 Å². The molecule has 8 aromatic rings. The van der Waals surface area contributed by atoms with E-state index in [9.17, 15) is 5.11 Å². The fourth-order valence-corrected chi connectivity index (χ4v) is 5.73. The molecular weight excluding hydrogens is 504 g/mol. The number of hydrogen-bond donors (Lipinski definition) is 1. The van der Waals surface area contributed by atoms with Crippen LogP contribution in [0.5, 0.6) is 11.5 Å². The van der Waals surface area contributed by atoms with Crippen LogP contribution < -0.4 is 4.74 Å². The summed E-state index contributed by atoms with van der Waals surface area (Å²) in [4.78, 5) is 0. The summed E-state index contributed by atoms with van der Waals surface area (Å²) >= 11 is 0. The van der Waals surface area contributed by atoms with E-state index in [0.29, 0.717) is 0 Å². The molecule has 8 rings (SSSR count). The Morgan fingerprint density at radius 3 is 1.07 bits per heavy atom. The maximum atomic E-state index is 9.47. The van der Waals surface area contributed by atoms with Gasteiger partial charge in [0.25, 0.3) is 0 Å². The molecule has 0 aliphatic heterocycles. The van der Waals surface area contributed by atoms with E-state index in [-0.39, 0.29) is 5.75 Å². The van der Waals surface area contributed by atoms with Crippen LogP contribution in [-0.4, -0.2) is 21.4 Å². The molecule has 4 nitrogen and oxygen atoms in total. The lowest BCUT2D eigenvalue weighted by molar-refractivity contribution is 0.415. The van der Waals surface area contributed by atoms with Gasteiger partial charge in [0, 0.05) is 32.9 Å². The Hall–Kier alpha value is -5.48. The van der Waals surface area contributed by atoms with Crippen LogP contribution in [0.2, 0.25) is 0 Å². The Balaban J connectivity index is 0.000000135. The van der Waals surface area contributed by atoms with Crippen LogP contribution in [0.15, 0.2) is 146 Å². The molecule has 2 aromatic heterocycles. The van der Waals surface area contributed by atoms with Gasteiger partial charge >= 0.3 is 0 Å². The van der Waals surface area contributed by atoms with Crippen molar-refractivity contribution in [3.63, 3.8) is 0 Å². The van der Waals surface area contributed by atoms with Gasteiger partial charge in [-0.05, 0) is 72.8 Å². The van der Waals surface area contributed by atoms with Gasteiger partial charge in [-0.2, -0.15) is 0 Å². The number of phenolic OH excluding ortho intramolecular Hbond substituents is 1. The quantitative estimate of drug-likeness (QED) is 0.246. The van der Waals surface area contributed by atoms with Crippen molar-refractivity contribution in [1.29, 1.82) is 0 Å². The van der Waals surface area contributed by atoms with E-state index in [2.05, 4.69) is 118 Å². The number of ether oxygens (including phenoxy) is 1. The van der Waals surface area contributed by atoms with E-state index < -0.39 is 0 Å². The summed E-state index contributed by atoms with van der Waals surface area (Å²) in [5.74, 6) is 1.16. The van der Waals surface area contributed by atoms with E-state index in [0.717, 1.165) is 17.1 Å². The fourth-order valence-electron chi connectivity index (χ4n) is 5.73. The molecule has 0 amide bonds. The first-order chi connectivity index (χ1) is 20.2. The molecule has 0 bridgehead atoms. The molecule has 41 heavy (non-hydrogen) atoms. The summed E-state index contributed by atoms with van der Waals surface area (Å²) < 4.78 is 9.77. The fraction of sp³-hybridized carbons (Fsp3) is 0.0270. The standard InChI is InChI=1S/C19H15NO.C18H13NO/c1-21-15-12-10-14(11-13-15)20-18-8-4-2-6-16(18)17-7-3-5-9-19(17)20;20-14-11-9-13(10-12-14)19-17-7-3-1-5-15(17)16-6-2-4-8-18(16)19/h2-13H,1H3;1-12,20H.